The molecular formula is C13H24N4. The molecule has 0 aliphatic rings. The van der Waals surface area contributed by atoms with Gasteiger partial charge in [-0.1, -0.05) is 33.6 Å². The third-order valence-corrected chi connectivity index (χ3v) is 3.25. The highest BCUT2D eigenvalue weighted by molar-refractivity contribution is 5.57. The summed E-state index contributed by atoms with van der Waals surface area (Å²) in [6.07, 6.45) is 4.95. The highest BCUT2D eigenvalue weighted by Crippen LogP contribution is 2.20. The molecule has 0 radical (unpaired) electrons. The predicted octanol–water partition coefficient (Wildman–Crippen LogP) is 2.93. The van der Waals surface area contributed by atoms with Gasteiger partial charge >= 0.3 is 0 Å². The van der Waals surface area contributed by atoms with E-state index in [1.165, 1.54) is 18.4 Å². The third kappa shape index (κ3) is 3.58. The molecule has 0 aliphatic carbocycles. The number of rotatable bonds is 7. The summed E-state index contributed by atoms with van der Waals surface area (Å²) in [7, 11) is 1.90. The SMILES string of the molecule is CCc1c(NC)ncnc1NCC(CC)CC. The Kier molecular flexibility index (Phi) is 5.73. The molecule has 0 unspecified atom stereocenters. The predicted molar refractivity (Wildman–Crippen MR) is 73.5 cm³/mol. The Morgan fingerprint density at radius 2 is 1.76 bits per heavy atom. The van der Waals surface area contributed by atoms with E-state index in [2.05, 4.69) is 41.4 Å². The second-order valence-corrected chi connectivity index (χ2v) is 4.22. The summed E-state index contributed by atoms with van der Waals surface area (Å²) in [6.45, 7) is 7.58. The van der Waals surface area contributed by atoms with Crippen molar-refractivity contribution in [3.8, 4) is 0 Å². The van der Waals surface area contributed by atoms with Gasteiger partial charge < -0.3 is 10.6 Å². The zero-order valence-corrected chi connectivity index (χ0v) is 11.4. The molecule has 0 fully saturated rings. The number of nitrogens with one attached hydrogen (secondary N) is 2. The normalized spacial score (nSPS) is 10.6. The fraction of sp³-hybridized carbons (Fsp3) is 0.692. The first kappa shape index (κ1) is 13.7. The van der Waals surface area contributed by atoms with Gasteiger partial charge in [-0.05, 0) is 12.3 Å². The third-order valence-electron chi connectivity index (χ3n) is 3.25. The van der Waals surface area contributed by atoms with Crippen LogP contribution in [0.5, 0.6) is 0 Å². The molecule has 1 rings (SSSR count). The van der Waals surface area contributed by atoms with Crippen molar-refractivity contribution in [1.29, 1.82) is 0 Å². The van der Waals surface area contributed by atoms with E-state index in [1.54, 1.807) is 6.33 Å². The van der Waals surface area contributed by atoms with Gasteiger partial charge in [0, 0.05) is 19.2 Å². The highest BCUT2D eigenvalue weighted by Gasteiger charge is 2.10. The van der Waals surface area contributed by atoms with E-state index in [4.69, 9.17) is 0 Å². The first-order valence-corrected chi connectivity index (χ1v) is 6.52. The van der Waals surface area contributed by atoms with Crippen molar-refractivity contribution >= 4 is 11.6 Å². The van der Waals surface area contributed by atoms with E-state index in [1.807, 2.05) is 7.05 Å². The quantitative estimate of drug-likeness (QED) is 0.764. The lowest BCUT2D eigenvalue weighted by atomic mass is 10.0. The molecule has 4 heteroatoms. The van der Waals surface area contributed by atoms with Crippen molar-refractivity contribution in [3.63, 3.8) is 0 Å². The van der Waals surface area contributed by atoms with Gasteiger partial charge in [-0.2, -0.15) is 0 Å². The maximum absolute atomic E-state index is 4.34. The van der Waals surface area contributed by atoms with Crippen LogP contribution >= 0.6 is 0 Å². The smallest absolute Gasteiger partial charge is 0.134 e. The average Bonchev–Trinajstić information content (AvgIpc) is 2.39. The number of hydrogen-bond acceptors (Lipinski definition) is 4. The lowest BCUT2D eigenvalue weighted by molar-refractivity contribution is 0.518. The molecule has 1 heterocycles. The van der Waals surface area contributed by atoms with Gasteiger partial charge in [0.25, 0.3) is 0 Å². The van der Waals surface area contributed by atoms with Gasteiger partial charge in [-0.3, -0.25) is 0 Å². The van der Waals surface area contributed by atoms with E-state index in [9.17, 15) is 0 Å². The Balaban J connectivity index is 2.76. The van der Waals surface area contributed by atoms with E-state index in [-0.39, 0.29) is 0 Å². The minimum Gasteiger partial charge on any atom is -0.373 e. The van der Waals surface area contributed by atoms with Crippen LogP contribution in [0.15, 0.2) is 6.33 Å². The van der Waals surface area contributed by atoms with E-state index in [0.29, 0.717) is 5.92 Å². The molecule has 1 aromatic heterocycles. The fourth-order valence-corrected chi connectivity index (χ4v) is 1.93. The lowest BCUT2D eigenvalue weighted by Crippen LogP contribution is -2.15. The Bertz CT molecular complexity index is 334. The molecule has 0 atom stereocenters. The number of hydrogen-bond donors (Lipinski definition) is 2. The molecule has 0 spiro atoms. The van der Waals surface area contributed by atoms with Gasteiger partial charge in [0.2, 0.25) is 0 Å². The second-order valence-electron chi connectivity index (χ2n) is 4.22. The van der Waals surface area contributed by atoms with Crippen LogP contribution < -0.4 is 10.6 Å². The van der Waals surface area contributed by atoms with Crippen LogP contribution in [0.25, 0.3) is 0 Å². The molecule has 2 N–H and O–H groups in total. The van der Waals surface area contributed by atoms with Crippen molar-refractivity contribution in [3.05, 3.63) is 11.9 Å². The largest absolute Gasteiger partial charge is 0.373 e. The summed E-state index contributed by atoms with van der Waals surface area (Å²) in [5.41, 5.74) is 1.17. The van der Waals surface area contributed by atoms with Crippen LogP contribution in [-0.2, 0) is 6.42 Å². The minimum atomic E-state index is 0.715. The average molecular weight is 236 g/mol. The van der Waals surface area contributed by atoms with Crippen molar-refractivity contribution in [2.45, 2.75) is 40.0 Å². The molecule has 1 aromatic rings. The Morgan fingerprint density at radius 1 is 1.12 bits per heavy atom. The molecule has 0 aliphatic heterocycles. The topological polar surface area (TPSA) is 49.8 Å². The van der Waals surface area contributed by atoms with Crippen molar-refractivity contribution in [2.24, 2.45) is 5.92 Å². The van der Waals surface area contributed by atoms with Crippen LogP contribution in [0.2, 0.25) is 0 Å². The standard InChI is InChI=1S/C13H24N4/c1-5-10(6-2)8-15-13-11(7-3)12(14-4)16-9-17-13/h9-10H,5-8H2,1-4H3,(H2,14,15,16,17). The van der Waals surface area contributed by atoms with Crippen LogP contribution in [0, 0.1) is 5.92 Å². The maximum Gasteiger partial charge on any atom is 0.134 e. The van der Waals surface area contributed by atoms with E-state index >= 15 is 0 Å². The summed E-state index contributed by atoms with van der Waals surface area (Å²) in [4.78, 5) is 8.57. The van der Waals surface area contributed by atoms with Gasteiger partial charge in [0.1, 0.15) is 18.0 Å². The number of anilines is 2. The Hall–Kier alpha value is -1.32. The van der Waals surface area contributed by atoms with Crippen LogP contribution in [0.3, 0.4) is 0 Å². The lowest BCUT2D eigenvalue weighted by Gasteiger charge is -2.16. The first-order chi connectivity index (χ1) is 8.26. The van der Waals surface area contributed by atoms with Gasteiger partial charge in [0.15, 0.2) is 0 Å². The summed E-state index contributed by atoms with van der Waals surface area (Å²) in [5, 5.41) is 6.56. The van der Waals surface area contributed by atoms with Crippen LogP contribution in [0.1, 0.15) is 39.2 Å². The van der Waals surface area contributed by atoms with Gasteiger partial charge in [-0.15, -0.1) is 0 Å². The van der Waals surface area contributed by atoms with Gasteiger partial charge in [-0.25, -0.2) is 9.97 Å². The monoisotopic (exact) mass is 236 g/mol. The summed E-state index contributed by atoms with van der Waals surface area (Å²) in [5.74, 6) is 2.61. The maximum atomic E-state index is 4.34. The molecule has 4 nitrogen and oxygen atoms in total. The van der Waals surface area contributed by atoms with Crippen LogP contribution in [-0.4, -0.2) is 23.6 Å². The zero-order chi connectivity index (χ0) is 12.7. The zero-order valence-electron chi connectivity index (χ0n) is 11.4. The molecule has 0 aromatic carbocycles. The molecule has 96 valence electrons. The summed E-state index contributed by atoms with van der Waals surface area (Å²) in [6, 6.07) is 0. The Morgan fingerprint density at radius 3 is 2.29 bits per heavy atom. The van der Waals surface area contributed by atoms with E-state index in [0.717, 1.165) is 24.6 Å². The van der Waals surface area contributed by atoms with Crippen molar-refractivity contribution < 1.29 is 0 Å². The van der Waals surface area contributed by atoms with Crippen LogP contribution in [0.4, 0.5) is 11.6 Å². The van der Waals surface area contributed by atoms with Crippen molar-refractivity contribution in [2.75, 3.05) is 24.2 Å². The molecule has 0 saturated carbocycles. The number of nitrogens with zero attached hydrogens (tertiary/aromatic N) is 2. The molecule has 0 amide bonds. The second kappa shape index (κ2) is 7.09. The first-order valence-electron chi connectivity index (χ1n) is 6.52. The molecular weight excluding hydrogens is 212 g/mol. The van der Waals surface area contributed by atoms with E-state index < -0.39 is 0 Å². The highest BCUT2D eigenvalue weighted by atomic mass is 15.1. The fourth-order valence-electron chi connectivity index (χ4n) is 1.93. The summed E-state index contributed by atoms with van der Waals surface area (Å²) >= 11 is 0. The molecule has 0 saturated heterocycles. The molecule has 17 heavy (non-hydrogen) atoms. The van der Waals surface area contributed by atoms with Crippen molar-refractivity contribution in [1.82, 2.24) is 9.97 Å². The number of aromatic nitrogens is 2. The Labute approximate surface area is 104 Å². The molecule has 0 bridgehead atoms. The minimum absolute atomic E-state index is 0.715. The van der Waals surface area contributed by atoms with Gasteiger partial charge in [0.05, 0.1) is 0 Å². The summed E-state index contributed by atoms with van der Waals surface area (Å²) < 4.78 is 0.